The van der Waals surface area contributed by atoms with Crippen molar-refractivity contribution in [3.8, 4) is 0 Å². The van der Waals surface area contributed by atoms with Crippen LogP contribution < -0.4 is 15.9 Å². The van der Waals surface area contributed by atoms with Crippen LogP contribution in [-0.4, -0.2) is 58.2 Å². The molecular formula is C24H32N6O2. The molecule has 0 radical (unpaired) electrons. The van der Waals surface area contributed by atoms with Crippen LogP contribution in [0.5, 0.6) is 0 Å². The van der Waals surface area contributed by atoms with E-state index < -0.39 is 0 Å². The lowest BCUT2D eigenvalue weighted by atomic mass is 10.2. The SMILES string of the molecule is CCCn1c(=O)n(CCC(=O)NCc2ccnc(N3CCN(C)CC3)c2)c2ccccc21. The number of nitrogens with one attached hydrogen (secondary N) is 1. The Labute approximate surface area is 188 Å². The predicted octanol–water partition coefficient (Wildman–Crippen LogP) is 2.07. The fourth-order valence-electron chi connectivity index (χ4n) is 4.21. The maximum Gasteiger partial charge on any atom is 0.329 e. The first kappa shape index (κ1) is 22.1. The zero-order chi connectivity index (χ0) is 22.5. The van der Waals surface area contributed by atoms with Crippen molar-refractivity contribution in [2.45, 2.75) is 39.4 Å². The van der Waals surface area contributed by atoms with Gasteiger partial charge in [-0.1, -0.05) is 19.1 Å². The Balaban J connectivity index is 1.36. The van der Waals surface area contributed by atoms with Crippen molar-refractivity contribution in [3.63, 3.8) is 0 Å². The number of carbonyl (C=O) groups is 1. The number of carbonyl (C=O) groups excluding carboxylic acids is 1. The monoisotopic (exact) mass is 436 g/mol. The topological polar surface area (TPSA) is 75.4 Å². The van der Waals surface area contributed by atoms with Crippen LogP contribution in [0.1, 0.15) is 25.3 Å². The number of aryl methyl sites for hydroxylation is 2. The molecule has 1 amide bonds. The van der Waals surface area contributed by atoms with Crippen LogP contribution in [0.4, 0.5) is 5.82 Å². The number of amides is 1. The molecule has 1 aromatic carbocycles. The third-order valence-corrected chi connectivity index (χ3v) is 6.06. The molecule has 0 unspecified atom stereocenters. The van der Waals surface area contributed by atoms with E-state index in [-0.39, 0.29) is 18.0 Å². The number of fused-ring (bicyclic) bond motifs is 1. The Hall–Kier alpha value is -3.13. The molecule has 1 N–H and O–H groups in total. The molecule has 8 heteroatoms. The standard InChI is InChI=1S/C24H32N6O2/c1-3-11-29-20-6-4-5-7-21(20)30(24(29)32)12-9-23(31)26-18-19-8-10-25-22(17-19)28-15-13-27(2)14-16-28/h4-8,10,17H,3,9,11-16,18H2,1-2H3,(H,26,31). The van der Waals surface area contributed by atoms with Crippen LogP contribution in [0.3, 0.4) is 0 Å². The van der Waals surface area contributed by atoms with Crippen molar-refractivity contribution in [1.29, 1.82) is 0 Å². The maximum atomic E-state index is 12.9. The number of rotatable bonds is 8. The lowest BCUT2D eigenvalue weighted by molar-refractivity contribution is -0.121. The summed E-state index contributed by atoms with van der Waals surface area (Å²) < 4.78 is 3.51. The van der Waals surface area contributed by atoms with Crippen molar-refractivity contribution in [2.24, 2.45) is 0 Å². The molecule has 8 nitrogen and oxygen atoms in total. The Bertz CT molecular complexity index is 1130. The van der Waals surface area contributed by atoms with Crippen LogP contribution >= 0.6 is 0 Å². The van der Waals surface area contributed by atoms with Crippen LogP contribution in [0.2, 0.25) is 0 Å². The van der Waals surface area contributed by atoms with Crippen LogP contribution in [-0.2, 0) is 24.4 Å². The molecular weight excluding hydrogens is 404 g/mol. The molecule has 32 heavy (non-hydrogen) atoms. The maximum absolute atomic E-state index is 12.9. The summed E-state index contributed by atoms with van der Waals surface area (Å²) in [7, 11) is 2.13. The van der Waals surface area contributed by atoms with Gasteiger partial charge in [-0.25, -0.2) is 9.78 Å². The average molecular weight is 437 g/mol. The zero-order valence-corrected chi connectivity index (χ0v) is 19.0. The molecule has 4 rings (SSSR count). The minimum atomic E-state index is -0.0674. The molecule has 0 atom stereocenters. The molecule has 0 saturated carbocycles. The van der Waals surface area contributed by atoms with E-state index in [2.05, 4.69) is 40.1 Å². The lowest BCUT2D eigenvalue weighted by Crippen LogP contribution is -2.44. The summed E-state index contributed by atoms with van der Waals surface area (Å²) in [5.41, 5.74) is 2.78. The van der Waals surface area contributed by atoms with Crippen molar-refractivity contribution in [1.82, 2.24) is 24.3 Å². The summed E-state index contributed by atoms with van der Waals surface area (Å²) in [5.74, 6) is 0.891. The Morgan fingerprint density at radius 1 is 1.03 bits per heavy atom. The zero-order valence-electron chi connectivity index (χ0n) is 19.0. The van der Waals surface area contributed by atoms with Crippen LogP contribution in [0, 0.1) is 0 Å². The van der Waals surface area contributed by atoms with E-state index in [4.69, 9.17) is 0 Å². The van der Waals surface area contributed by atoms with Crippen molar-refractivity contribution < 1.29 is 4.79 Å². The molecule has 1 aliphatic heterocycles. The molecule has 1 saturated heterocycles. The van der Waals surface area contributed by atoms with E-state index in [0.717, 1.165) is 55.0 Å². The molecule has 3 heterocycles. The number of benzene rings is 1. The van der Waals surface area contributed by atoms with Gasteiger partial charge in [0, 0.05) is 58.4 Å². The highest BCUT2D eigenvalue weighted by molar-refractivity contribution is 5.78. The molecule has 170 valence electrons. The third kappa shape index (κ3) is 4.85. The van der Waals surface area contributed by atoms with Gasteiger partial charge in [0.2, 0.25) is 5.91 Å². The molecule has 0 spiro atoms. The normalized spacial score (nSPS) is 14.8. The first-order valence-corrected chi connectivity index (χ1v) is 11.4. The fourth-order valence-corrected chi connectivity index (χ4v) is 4.21. The van der Waals surface area contributed by atoms with Gasteiger partial charge >= 0.3 is 5.69 Å². The number of hydrogen-bond donors (Lipinski definition) is 1. The second-order valence-electron chi connectivity index (χ2n) is 8.41. The summed E-state index contributed by atoms with van der Waals surface area (Å²) in [4.78, 5) is 34.5. The number of piperazine rings is 1. The van der Waals surface area contributed by atoms with E-state index in [1.807, 2.05) is 30.3 Å². The summed E-state index contributed by atoms with van der Waals surface area (Å²) in [6, 6.07) is 11.8. The molecule has 0 aliphatic carbocycles. The third-order valence-electron chi connectivity index (χ3n) is 6.06. The van der Waals surface area contributed by atoms with Gasteiger partial charge in [-0.2, -0.15) is 0 Å². The quantitative estimate of drug-likeness (QED) is 0.585. The number of aromatic nitrogens is 3. The van der Waals surface area contributed by atoms with E-state index in [9.17, 15) is 9.59 Å². The minimum absolute atomic E-state index is 0.0493. The molecule has 1 fully saturated rings. The Kier molecular flexibility index (Phi) is 6.90. The first-order valence-electron chi connectivity index (χ1n) is 11.4. The molecule has 2 aromatic heterocycles. The first-order chi connectivity index (χ1) is 15.6. The van der Waals surface area contributed by atoms with Gasteiger partial charge in [-0.05, 0) is 43.3 Å². The second-order valence-corrected chi connectivity index (χ2v) is 8.41. The largest absolute Gasteiger partial charge is 0.354 e. The fraction of sp³-hybridized carbons (Fsp3) is 0.458. The number of pyridine rings is 1. The molecule has 1 aliphatic rings. The number of para-hydroxylation sites is 2. The smallest absolute Gasteiger partial charge is 0.329 e. The van der Waals surface area contributed by atoms with Gasteiger partial charge in [-0.15, -0.1) is 0 Å². The highest BCUT2D eigenvalue weighted by Crippen LogP contribution is 2.15. The van der Waals surface area contributed by atoms with Gasteiger partial charge in [0.25, 0.3) is 0 Å². The molecule has 3 aromatic rings. The van der Waals surface area contributed by atoms with Crippen LogP contribution in [0.25, 0.3) is 11.0 Å². The van der Waals surface area contributed by atoms with Crippen molar-refractivity contribution in [2.75, 3.05) is 38.1 Å². The number of anilines is 1. The highest BCUT2D eigenvalue weighted by Gasteiger charge is 2.16. The van der Waals surface area contributed by atoms with Gasteiger partial charge in [0.15, 0.2) is 0 Å². The predicted molar refractivity (Wildman–Crippen MR) is 127 cm³/mol. The van der Waals surface area contributed by atoms with Gasteiger partial charge in [-0.3, -0.25) is 13.9 Å². The Morgan fingerprint density at radius 3 is 2.41 bits per heavy atom. The number of nitrogens with zero attached hydrogens (tertiary/aromatic N) is 5. The lowest BCUT2D eigenvalue weighted by Gasteiger charge is -2.33. The average Bonchev–Trinajstić information content (AvgIpc) is 3.08. The second kappa shape index (κ2) is 9.99. The minimum Gasteiger partial charge on any atom is -0.354 e. The van der Waals surface area contributed by atoms with E-state index in [1.54, 1.807) is 15.3 Å². The highest BCUT2D eigenvalue weighted by atomic mass is 16.2. The van der Waals surface area contributed by atoms with Crippen LogP contribution in [0.15, 0.2) is 47.4 Å². The number of likely N-dealkylation sites (N-methyl/N-ethyl adjacent to an activating group) is 1. The van der Waals surface area contributed by atoms with Crippen molar-refractivity contribution in [3.05, 3.63) is 58.6 Å². The Morgan fingerprint density at radius 2 is 1.72 bits per heavy atom. The van der Waals surface area contributed by atoms with E-state index in [0.29, 0.717) is 19.6 Å². The number of hydrogen-bond acceptors (Lipinski definition) is 5. The van der Waals surface area contributed by atoms with Crippen molar-refractivity contribution >= 4 is 22.8 Å². The number of imidazole rings is 1. The van der Waals surface area contributed by atoms with Gasteiger partial charge in [0.1, 0.15) is 5.82 Å². The van der Waals surface area contributed by atoms with E-state index in [1.165, 1.54) is 0 Å². The van der Waals surface area contributed by atoms with Gasteiger partial charge in [0.05, 0.1) is 11.0 Å². The summed E-state index contributed by atoms with van der Waals surface area (Å²) in [6.07, 6.45) is 2.95. The molecule has 0 bridgehead atoms. The summed E-state index contributed by atoms with van der Waals surface area (Å²) in [5, 5.41) is 2.99. The summed E-state index contributed by atoms with van der Waals surface area (Å²) in [6.45, 7) is 7.52. The summed E-state index contributed by atoms with van der Waals surface area (Å²) >= 11 is 0. The van der Waals surface area contributed by atoms with E-state index >= 15 is 0 Å². The van der Waals surface area contributed by atoms with Gasteiger partial charge < -0.3 is 15.1 Å².